The summed E-state index contributed by atoms with van der Waals surface area (Å²) >= 11 is 3.42. The molecule has 0 unspecified atom stereocenters. The molecule has 0 aliphatic heterocycles. The highest BCUT2D eigenvalue weighted by Gasteiger charge is 1.99. The molecule has 0 bridgehead atoms. The van der Waals surface area contributed by atoms with Gasteiger partial charge in [0, 0.05) is 11.0 Å². The molecular weight excluding hydrogens is 230 g/mol. The van der Waals surface area contributed by atoms with E-state index in [-0.39, 0.29) is 0 Å². The van der Waals surface area contributed by atoms with Crippen molar-refractivity contribution >= 4 is 15.9 Å². The summed E-state index contributed by atoms with van der Waals surface area (Å²) < 4.78 is 6.52. The van der Waals surface area contributed by atoms with Gasteiger partial charge in [-0.2, -0.15) is 0 Å². The molecule has 72 valence electrons. The summed E-state index contributed by atoms with van der Waals surface area (Å²) in [4.78, 5) is 0. The van der Waals surface area contributed by atoms with Crippen LogP contribution in [0.4, 0.5) is 0 Å². The summed E-state index contributed by atoms with van der Waals surface area (Å²) in [7, 11) is 0. The van der Waals surface area contributed by atoms with E-state index >= 15 is 0 Å². The monoisotopic (exact) mass is 243 g/mol. The van der Waals surface area contributed by atoms with Crippen LogP contribution in [0.3, 0.4) is 0 Å². The van der Waals surface area contributed by atoms with Crippen LogP contribution in [-0.2, 0) is 6.54 Å². The maximum absolute atomic E-state index is 5.56. The van der Waals surface area contributed by atoms with Gasteiger partial charge in [0.2, 0.25) is 0 Å². The Balaban J connectivity index is 2.74. The molecule has 0 amide bonds. The molecule has 2 N–H and O–H groups in total. The van der Waals surface area contributed by atoms with Crippen LogP contribution in [-0.4, -0.2) is 6.61 Å². The van der Waals surface area contributed by atoms with Crippen molar-refractivity contribution in [3.8, 4) is 5.75 Å². The Morgan fingerprint density at radius 3 is 2.85 bits per heavy atom. The molecule has 2 nitrogen and oxygen atoms in total. The Kier molecular flexibility index (Phi) is 4.25. The SMILES string of the molecule is CCCOc1ccc(Br)c(CN)c1. The first-order chi connectivity index (χ1) is 6.27. The molecule has 0 spiro atoms. The zero-order chi connectivity index (χ0) is 9.68. The second kappa shape index (κ2) is 5.25. The number of nitrogens with two attached hydrogens (primary N) is 1. The van der Waals surface area contributed by atoms with E-state index in [4.69, 9.17) is 10.5 Å². The van der Waals surface area contributed by atoms with Crippen molar-refractivity contribution in [3.05, 3.63) is 28.2 Å². The lowest BCUT2D eigenvalue weighted by Gasteiger charge is -2.07. The molecule has 1 aromatic carbocycles. The summed E-state index contributed by atoms with van der Waals surface area (Å²) in [5, 5.41) is 0. The Morgan fingerprint density at radius 2 is 2.23 bits per heavy atom. The molecule has 3 heteroatoms. The molecular formula is C10H14BrNO. The lowest BCUT2D eigenvalue weighted by Crippen LogP contribution is -2.00. The molecule has 0 atom stereocenters. The Hall–Kier alpha value is -0.540. The van der Waals surface area contributed by atoms with Crippen molar-refractivity contribution in [3.63, 3.8) is 0 Å². The summed E-state index contributed by atoms with van der Waals surface area (Å²) in [6.07, 6.45) is 1.02. The van der Waals surface area contributed by atoms with Crippen molar-refractivity contribution in [2.24, 2.45) is 5.73 Å². The lowest BCUT2D eigenvalue weighted by molar-refractivity contribution is 0.317. The summed E-state index contributed by atoms with van der Waals surface area (Å²) in [6.45, 7) is 3.37. The molecule has 0 saturated heterocycles. The Bertz CT molecular complexity index is 276. The van der Waals surface area contributed by atoms with Gasteiger partial charge in [-0.05, 0) is 30.2 Å². The van der Waals surface area contributed by atoms with Gasteiger partial charge < -0.3 is 10.5 Å². The van der Waals surface area contributed by atoms with Gasteiger partial charge in [-0.25, -0.2) is 0 Å². The van der Waals surface area contributed by atoms with Gasteiger partial charge in [-0.1, -0.05) is 22.9 Å². The predicted octanol–water partition coefficient (Wildman–Crippen LogP) is 2.70. The fourth-order valence-corrected chi connectivity index (χ4v) is 1.43. The van der Waals surface area contributed by atoms with Crippen molar-refractivity contribution in [2.45, 2.75) is 19.9 Å². The third-order valence-electron chi connectivity index (χ3n) is 1.71. The van der Waals surface area contributed by atoms with Crippen LogP contribution < -0.4 is 10.5 Å². The number of hydrogen-bond donors (Lipinski definition) is 1. The number of hydrogen-bond acceptors (Lipinski definition) is 2. The molecule has 0 fully saturated rings. The highest BCUT2D eigenvalue weighted by Crippen LogP contribution is 2.22. The normalized spacial score (nSPS) is 10.1. The number of ether oxygens (including phenoxy) is 1. The predicted molar refractivity (Wildman–Crippen MR) is 57.8 cm³/mol. The van der Waals surface area contributed by atoms with E-state index in [9.17, 15) is 0 Å². The molecule has 0 aliphatic rings. The van der Waals surface area contributed by atoms with Crippen LogP contribution in [0, 0.1) is 0 Å². The van der Waals surface area contributed by atoms with Crippen LogP contribution in [0.15, 0.2) is 22.7 Å². The fraction of sp³-hybridized carbons (Fsp3) is 0.400. The molecule has 1 aromatic rings. The summed E-state index contributed by atoms with van der Waals surface area (Å²) in [5.41, 5.74) is 6.64. The number of halogens is 1. The minimum Gasteiger partial charge on any atom is -0.494 e. The van der Waals surface area contributed by atoms with E-state index in [2.05, 4.69) is 22.9 Å². The largest absolute Gasteiger partial charge is 0.494 e. The quantitative estimate of drug-likeness (QED) is 0.883. The van der Waals surface area contributed by atoms with E-state index in [1.165, 1.54) is 0 Å². The summed E-state index contributed by atoms with van der Waals surface area (Å²) in [6, 6.07) is 5.88. The Labute approximate surface area is 87.2 Å². The van der Waals surface area contributed by atoms with Crippen LogP contribution in [0.1, 0.15) is 18.9 Å². The average Bonchev–Trinajstić information content (AvgIpc) is 2.16. The second-order valence-electron chi connectivity index (χ2n) is 2.81. The minimum absolute atomic E-state index is 0.532. The van der Waals surface area contributed by atoms with E-state index < -0.39 is 0 Å². The van der Waals surface area contributed by atoms with E-state index in [0.29, 0.717) is 6.54 Å². The maximum atomic E-state index is 5.56. The average molecular weight is 244 g/mol. The minimum atomic E-state index is 0.532. The van der Waals surface area contributed by atoms with Crippen molar-refractivity contribution in [1.82, 2.24) is 0 Å². The number of benzene rings is 1. The van der Waals surface area contributed by atoms with Gasteiger partial charge in [0.15, 0.2) is 0 Å². The zero-order valence-corrected chi connectivity index (χ0v) is 9.30. The third kappa shape index (κ3) is 3.01. The standard InChI is InChI=1S/C10H14BrNO/c1-2-5-13-9-3-4-10(11)8(6-9)7-12/h3-4,6H,2,5,7,12H2,1H3. The number of rotatable bonds is 4. The first-order valence-corrected chi connectivity index (χ1v) is 5.18. The molecule has 0 aromatic heterocycles. The zero-order valence-electron chi connectivity index (χ0n) is 7.72. The highest BCUT2D eigenvalue weighted by atomic mass is 79.9. The van der Waals surface area contributed by atoms with Crippen LogP contribution in [0.2, 0.25) is 0 Å². The molecule has 0 aliphatic carbocycles. The van der Waals surface area contributed by atoms with Gasteiger partial charge in [0.25, 0.3) is 0 Å². The van der Waals surface area contributed by atoms with Gasteiger partial charge in [-0.15, -0.1) is 0 Å². The molecule has 0 saturated carbocycles. The summed E-state index contributed by atoms with van der Waals surface area (Å²) in [5.74, 6) is 0.894. The van der Waals surface area contributed by atoms with Crippen molar-refractivity contribution in [1.29, 1.82) is 0 Å². The second-order valence-corrected chi connectivity index (χ2v) is 3.66. The van der Waals surface area contributed by atoms with E-state index in [1.807, 2.05) is 18.2 Å². The Morgan fingerprint density at radius 1 is 1.46 bits per heavy atom. The fourth-order valence-electron chi connectivity index (χ4n) is 1.02. The molecule has 13 heavy (non-hydrogen) atoms. The van der Waals surface area contributed by atoms with Gasteiger partial charge in [-0.3, -0.25) is 0 Å². The highest BCUT2D eigenvalue weighted by molar-refractivity contribution is 9.10. The van der Waals surface area contributed by atoms with E-state index in [1.54, 1.807) is 0 Å². The smallest absolute Gasteiger partial charge is 0.119 e. The molecule has 0 heterocycles. The van der Waals surface area contributed by atoms with Crippen LogP contribution in [0.25, 0.3) is 0 Å². The van der Waals surface area contributed by atoms with Gasteiger partial charge in [0.1, 0.15) is 5.75 Å². The van der Waals surface area contributed by atoms with Gasteiger partial charge >= 0.3 is 0 Å². The first kappa shape index (κ1) is 10.5. The molecule has 0 radical (unpaired) electrons. The van der Waals surface area contributed by atoms with Crippen molar-refractivity contribution < 1.29 is 4.74 Å². The van der Waals surface area contributed by atoms with E-state index in [0.717, 1.165) is 28.8 Å². The van der Waals surface area contributed by atoms with Gasteiger partial charge in [0.05, 0.1) is 6.61 Å². The lowest BCUT2D eigenvalue weighted by atomic mass is 10.2. The first-order valence-electron chi connectivity index (χ1n) is 4.39. The topological polar surface area (TPSA) is 35.2 Å². The maximum Gasteiger partial charge on any atom is 0.119 e. The third-order valence-corrected chi connectivity index (χ3v) is 2.48. The van der Waals surface area contributed by atoms with Crippen LogP contribution in [0.5, 0.6) is 5.75 Å². The van der Waals surface area contributed by atoms with Crippen LogP contribution >= 0.6 is 15.9 Å². The van der Waals surface area contributed by atoms with Crippen molar-refractivity contribution in [2.75, 3.05) is 6.61 Å². The molecule has 1 rings (SSSR count).